The SMILES string of the molecule is CC(=O)N1C[C@H]2CC[C@@H](C1)N(Cc1cccc(C#N)c1)C2. The molecule has 0 radical (unpaired) electrons. The fraction of sp³-hybridized carbons (Fsp3) is 0.529. The van der Waals surface area contributed by atoms with E-state index in [9.17, 15) is 4.79 Å². The molecule has 3 heterocycles. The maximum atomic E-state index is 11.7. The largest absolute Gasteiger partial charge is 0.341 e. The number of hydrogen-bond acceptors (Lipinski definition) is 3. The van der Waals surface area contributed by atoms with Crippen molar-refractivity contribution < 1.29 is 4.79 Å². The highest BCUT2D eigenvalue weighted by Crippen LogP contribution is 2.29. The van der Waals surface area contributed by atoms with Crippen molar-refractivity contribution in [3.05, 3.63) is 35.4 Å². The highest BCUT2D eigenvalue weighted by atomic mass is 16.2. The summed E-state index contributed by atoms with van der Waals surface area (Å²) in [5, 5.41) is 9.01. The molecule has 1 aromatic rings. The Labute approximate surface area is 126 Å². The summed E-state index contributed by atoms with van der Waals surface area (Å²) in [7, 11) is 0. The Morgan fingerprint density at radius 2 is 2.19 bits per heavy atom. The summed E-state index contributed by atoms with van der Waals surface area (Å²) < 4.78 is 0. The number of nitrogens with zero attached hydrogens (tertiary/aromatic N) is 3. The van der Waals surface area contributed by atoms with Gasteiger partial charge >= 0.3 is 0 Å². The molecule has 4 nitrogen and oxygen atoms in total. The standard InChI is InChI=1S/C17H21N3O/c1-13(21)19-10-16-5-6-17(12-19)20(11-16)9-15-4-2-3-14(7-15)8-18/h2-4,7,16-17H,5-6,9-12H2,1H3/t16-,17+/m1/s1. The average Bonchev–Trinajstić information content (AvgIpc) is 2.79. The summed E-state index contributed by atoms with van der Waals surface area (Å²) in [4.78, 5) is 16.2. The predicted molar refractivity (Wildman–Crippen MR) is 80.3 cm³/mol. The van der Waals surface area contributed by atoms with Gasteiger partial charge in [-0.25, -0.2) is 0 Å². The molecule has 21 heavy (non-hydrogen) atoms. The minimum atomic E-state index is 0.195. The fourth-order valence-electron chi connectivity index (χ4n) is 3.60. The molecule has 0 spiro atoms. The van der Waals surface area contributed by atoms with Gasteiger partial charge in [-0.05, 0) is 36.5 Å². The van der Waals surface area contributed by atoms with Gasteiger partial charge in [0.05, 0.1) is 11.6 Å². The number of carbonyl (C=O) groups excluding carboxylic acids is 1. The normalized spacial score (nSPS) is 25.4. The van der Waals surface area contributed by atoms with Crippen molar-refractivity contribution in [1.82, 2.24) is 9.80 Å². The lowest BCUT2D eigenvalue weighted by Gasteiger charge is -2.36. The quantitative estimate of drug-likeness (QED) is 0.834. The molecule has 0 N–H and O–H groups in total. The Balaban J connectivity index is 1.74. The molecule has 0 saturated carbocycles. The molecule has 4 rings (SSSR count). The van der Waals surface area contributed by atoms with Crippen molar-refractivity contribution in [2.24, 2.45) is 5.92 Å². The van der Waals surface area contributed by atoms with E-state index in [0.717, 1.165) is 31.7 Å². The topological polar surface area (TPSA) is 47.3 Å². The van der Waals surface area contributed by atoms with Gasteiger partial charge in [-0.15, -0.1) is 0 Å². The number of hydrogen-bond donors (Lipinski definition) is 0. The molecule has 2 bridgehead atoms. The summed E-state index contributed by atoms with van der Waals surface area (Å²) in [6.07, 6.45) is 2.40. The smallest absolute Gasteiger partial charge is 0.219 e. The van der Waals surface area contributed by atoms with Crippen LogP contribution in [0.25, 0.3) is 0 Å². The van der Waals surface area contributed by atoms with Crippen molar-refractivity contribution in [1.29, 1.82) is 5.26 Å². The molecule has 1 aromatic carbocycles. The molecule has 3 saturated heterocycles. The van der Waals surface area contributed by atoms with Crippen LogP contribution in [0, 0.1) is 17.2 Å². The van der Waals surface area contributed by atoms with Crippen LogP contribution in [0.15, 0.2) is 24.3 Å². The number of carbonyl (C=O) groups is 1. The Morgan fingerprint density at radius 1 is 1.33 bits per heavy atom. The highest BCUT2D eigenvalue weighted by molar-refractivity contribution is 5.73. The number of piperidine rings is 1. The summed E-state index contributed by atoms with van der Waals surface area (Å²) in [5.74, 6) is 0.784. The Morgan fingerprint density at radius 3 is 2.95 bits per heavy atom. The highest BCUT2D eigenvalue weighted by Gasteiger charge is 2.35. The molecule has 110 valence electrons. The summed E-state index contributed by atoms with van der Waals surface area (Å²) in [5.41, 5.74) is 1.91. The van der Waals surface area contributed by atoms with Crippen LogP contribution in [-0.4, -0.2) is 41.4 Å². The maximum absolute atomic E-state index is 11.7. The molecule has 4 heteroatoms. The molecule has 3 aliphatic rings. The van der Waals surface area contributed by atoms with Gasteiger partial charge < -0.3 is 4.90 Å². The molecular weight excluding hydrogens is 262 g/mol. The maximum Gasteiger partial charge on any atom is 0.219 e. The van der Waals surface area contributed by atoms with Gasteiger partial charge in [-0.3, -0.25) is 9.69 Å². The van der Waals surface area contributed by atoms with E-state index in [2.05, 4.69) is 17.0 Å². The van der Waals surface area contributed by atoms with E-state index in [1.165, 1.54) is 18.4 Å². The Hall–Kier alpha value is -1.86. The second-order valence-electron chi connectivity index (χ2n) is 6.26. The monoisotopic (exact) mass is 283 g/mol. The summed E-state index contributed by atoms with van der Waals surface area (Å²) in [6, 6.07) is 10.5. The number of nitriles is 1. The molecule has 1 amide bonds. The molecule has 0 aromatic heterocycles. The van der Waals surface area contributed by atoms with Crippen LogP contribution in [0.5, 0.6) is 0 Å². The molecular formula is C17H21N3O. The second-order valence-corrected chi connectivity index (χ2v) is 6.26. The third-order valence-corrected chi connectivity index (χ3v) is 4.71. The third-order valence-electron chi connectivity index (χ3n) is 4.71. The summed E-state index contributed by atoms with van der Waals surface area (Å²) in [6.45, 7) is 5.36. The average molecular weight is 283 g/mol. The van der Waals surface area contributed by atoms with Crippen molar-refractivity contribution in [2.75, 3.05) is 19.6 Å². The minimum Gasteiger partial charge on any atom is -0.341 e. The number of rotatable bonds is 2. The van der Waals surface area contributed by atoms with Gasteiger partial charge in [0.2, 0.25) is 5.91 Å². The Bertz CT molecular complexity index is 578. The van der Waals surface area contributed by atoms with Gasteiger partial charge in [0, 0.05) is 39.1 Å². The van der Waals surface area contributed by atoms with Crippen molar-refractivity contribution in [3.8, 4) is 6.07 Å². The van der Waals surface area contributed by atoms with E-state index in [-0.39, 0.29) is 5.91 Å². The van der Waals surface area contributed by atoms with Crippen molar-refractivity contribution in [2.45, 2.75) is 32.4 Å². The van der Waals surface area contributed by atoms with Gasteiger partial charge in [0.25, 0.3) is 0 Å². The van der Waals surface area contributed by atoms with E-state index in [1.807, 2.05) is 23.1 Å². The zero-order chi connectivity index (χ0) is 14.8. The van der Waals surface area contributed by atoms with E-state index in [1.54, 1.807) is 6.92 Å². The van der Waals surface area contributed by atoms with Gasteiger partial charge in [-0.2, -0.15) is 5.26 Å². The number of benzene rings is 1. The zero-order valence-electron chi connectivity index (χ0n) is 12.5. The molecule has 0 aliphatic carbocycles. The van der Waals surface area contributed by atoms with Crippen LogP contribution in [0.2, 0.25) is 0 Å². The third kappa shape index (κ3) is 3.08. The minimum absolute atomic E-state index is 0.195. The van der Waals surface area contributed by atoms with E-state index in [0.29, 0.717) is 12.0 Å². The molecule has 2 atom stereocenters. The van der Waals surface area contributed by atoms with Crippen LogP contribution in [0.1, 0.15) is 30.9 Å². The van der Waals surface area contributed by atoms with E-state index in [4.69, 9.17) is 5.26 Å². The van der Waals surface area contributed by atoms with Gasteiger partial charge in [-0.1, -0.05) is 12.1 Å². The molecule has 3 fully saturated rings. The summed E-state index contributed by atoms with van der Waals surface area (Å²) >= 11 is 0. The van der Waals surface area contributed by atoms with E-state index >= 15 is 0 Å². The van der Waals surface area contributed by atoms with E-state index < -0.39 is 0 Å². The second kappa shape index (κ2) is 5.87. The molecule has 3 aliphatic heterocycles. The lowest BCUT2D eigenvalue weighted by molar-refractivity contribution is -0.129. The lowest BCUT2D eigenvalue weighted by atomic mass is 9.94. The molecule has 0 unspecified atom stereocenters. The fourth-order valence-corrected chi connectivity index (χ4v) is 3.60. The first-order chi connectivity index (χ1) is 10.2. The van der Waals surface area contributed by atoms with Crippen molar-refractivity contribution >= 4 is 5.91 Å². The van der Waals surface area contributed by atoms with Crippen LogP contribution >= 0.6 is 0 Å². The zero-order valence-corrected chi connectivity index (χ0v) is 12.5. The van der Waals surface area contributed by atoms with Crippen molar-refractivity contribution in [3.63, 3.8) is 0 Å². The van der Waals surface area contributed by atoms with Crippen LogP contribution < -0.4 is 0 Å². The van der Waals surface area contributed by atoms with Gasteiger partial charge in [0.15, 0.2) is 0 Å². The number of fused-ring (bicyclic) bond motifs is 4. The first-order valence-electron chi connectivity index (χ1n) is 7.64. The van der Waals surface area contributed by atoms with Crippen LogP contribution in [-0.2, 0) is 11.3 Å². The predicted octanol–water partition coefficient (Wildman–Crippen LogP) is 2.00. The lowest BCUT2D eigenvalue weighted by Crippen LogP contribution is -2.43. The van der Waals surface area contributed by atoms with Crippen LogP contribution in [0.4, 0.5) is 0 Å². The first-order valence-corrected chi connectivity index (χ1v) is 7.64. The first kappa shape index (κ1) is 14.1. The van der Waals surface area contributed by atoms with Gasteiger partial charge in [0.1, 0.15) is 0 Å². The Kier molecular flexibility index (Phi) is 3.94. The number of amides is 1. The van der Waals surface area contributed by atoms with Crippen LogP contribution in [0.3, 0.4) is 0 Å².